The fraction of sp³-hybridized carbons (Fsp3) is 0.667. The minimum absolute atomic E-state index is 0.101. The van der Waals surface area contributed by atoms with Crippen molar-refractivity contribution in [2.75, 3.05) is 24.7 Å². The molecule has 0 fully saturated rings. The van der Waals surface area contributed by atoms with Crippen LogP contribution in [0.2, 0.25) is 0 Å². The number of thioether (sulfide) groups is 1. The molecule has 0 aromatic carbocycles. The van der Waals surface area contributed by atoms with Crippen LogP contribution in [0.25, 0.3) is 0 Å². The number of aliphatic hydroxyl groups excluding tert-OH is 1. The molecular formula is C12H21N3O7S. The van der Waals surface area contributed by atoms with E-state index in [0.29, 0.717) is 10.7 Å². The molecule has 0 aromatic heterocycles. The predicted molar refractivity (Wildman–Crippen MR) is 81.6 cm³/mol. The molecule has 0 rings (SSSR count). The number of carboxylic acids is 2. The Morgan fingerprint density at radius 3 is 2.17 bits per heavy atom. The van der Waals surface area contributed by atoms with Crippen LogP contribution in [0.3, 0.4) is 0 Å². The quantitative estimate of drug-likeness (QED) is 0.253. The second kappa shape index (κ2) is 10.9. The van der Waals surface area contributed by atoms with Gasteiger partial charge in [-0.2, -0.15) is 11.8 Å². The third-order valence-corrected chi connectivity index (χ3v) is 3.76. The first-order valence-electron chi connectivity index (χ1n) is 6.69. The second-order valence-corrected chi connectivity index (χ2v) is 5.75. The van der Waals surface area contributed by atoms with Gasteiger partial charge in [0, 0.05) is 17.9 Å². The van der Waals surface area contributed by atoms with E-state index in [-0.39, 0.29) is 25.2 Å². The Morgan fingerprint density at radius 2 is 1.70 bits per heavy atom. The summed E-state index contributed by atoms with van der Waals surface area (Å²) in [7, 11) is 0. The average molecular weight is 351 g/mol. The maximum Gasteiger partial charge on any atom is 0.323 e. The molecule has 0 radical (unpaired) electrons. The molecule has 23 heavy (non-hydrogen) atoms. The first-order valence-corrected chi connectivity index (χ1v) is 7.84. The van der Waals surface area contributed by atoms with Crippen molar-refractivity contribution in [1.82, 2.24) is 4.90 Å². The zero-order chi connectivity index (χ0) is 18.0. The first-order chi connectivity index (χ1) is 10.7. The van der Waals surface area contributed by atoms with Crippen molar-refractivity contribution in [2.24, 2.45) is 11.5 Å². The van der Waals surface area contributed by atoms with Crippen molar-refractivity contribution in [1.29, 1.82) is 0 Å². The Kier molecular flexibility index (Phi) is 10.1. The molecule has 0 aromatic rings. The van der Waals surface area contributed by atoms with Gasteiger partial charge in [-0.15, -0.1) is 0 Å². The molecule has 0 aliphatic carbocycles. The predicted octanol–water partition coefficient (Wildman–Crippen LogP) is -2.33. The molecule has 0 bridgehead atoms. The minimum Gasteiger partial charge on any atom is -0.480 e. The van der Waals surface area contributed by atoms with Gasteiger partial charge in [-0.05, 0) is 6.42 Å². The van der Waals surface area contributed by atoms with Crippen molar-refractivity contribution in [2.45, 2.75) is 24.9 Å². The second-order valence-electron chi connectivity index (χ2n) is 4.60. The molecule has 7 N–H and O–H groups in total. The third kappa shape index (κ3) is 8.50. The van der Waals surface area contributed by atoms with Gasteiger partial charge in [-0.25, -0.2) is 0 Å². The molecule has 132 valence electrons. The van der Waals surface area contributed by atoms with Gasteiger partial charge < -0.3 is 26.8 Å². The fourth-order valence-electron chi connectivity index (χ4n) is 1.51. The van der Waals surface area contributed by atoms with E-state index < -0.39 is 42.4 Å². The molecule has 0 saturated carbocycles. The molecular weight excluding hydrogens is 330 g/mol. The van der Waals surface area contributed by atoms with Gasteiger partial charge in [0.1, 0.15) is 12.6 Å². The van der Waals surface area contributed by atoms with Gasteiger partial charge in [-0.3, -0.25) is 24.1 Å². The lowest BCUT2D eigenvalue weighted by molar-refractivity contribution is -0.153. The van der Waals surface area contributed by atoms with Crippen molar-refractivity contribution < 1.29 is 34.5 Å². The maximum absolute atomic E-state index is 12.1. The van der Waals surface area contributed by atoms with Crippen molar-refractivity contribution in [3.05, 3.63) is 0 Å². The van der Waals surface area contributed by atoms with E-state index in [1.807, 2.05) is 0 Å². The highest BCUT2D eigenvalue weighted by molar-refractivity contribution is 7.99. The van der Waals surface area contributed by atoms with Crippen LogP contribution < -0.4 is 11.5 Å². The summed E-state index contributed by atoms with van der Waals surface area (Å²) in [6.07, 6.45) is -0.616. The lowest BCUT2D eigenvalue weighted by atomic mass is 10.1. The third-order valence-electron chi connectivity index (χ3n) is 2.70. The highest BCUT2D eigenvalue weighted by atomic mass is 32.2. The van der Waals surface area contributed by atoms with E-state index >= 15 is 0 Å². The van der Waals surface area contributed by atoms with Crippen molar-refractivity contribution in [3.8, 4) is 0 Å². The van der Waals surface area contributed by atoms with Crippen LogP contribution in [-0.4, -0.2) is 80.7 Å². The van der Waals surface area contributed by atoms with Gasteiger partial charge >= 0.3 is 11.9 Å². The Morgan fingerprint density at radius 1 is 1.09 bits per heavy atom. The summed E-state index contributed by atoms with van der Waals surface area (Å²) >= 11 is 1.18. The minimum atomic E-state index is -1.40. The van der Waals surface area contributed by atoms with Gasteiger partial charge in [0.15, 0.2) is 0 Å². The van der Waals surface area contributed by atoms with Crippen molar-refractivity contribution >= 4 is 35.5 Å². The van der Waals surface area contributed by atoms with Gasteiger partial charge in [0.25, 0.3) is 0 Å². The summed E-state index contributed by atoms with van der Waals surface area (Å²) in [5, 5.41) is 26.1. The largest absolute Gasteiger partial charge is 0.480 e. The van der Waals surface area contributed by atoms with Crippen LogP contribution in [0, 0.1) is 0 Å². The number of aliphatic hydroxyl groups is 1. The number of nitrogens with two attached hydrogens (primary N) is 2. The molecule has 2 atom stereocenters. The number of hydrogen-bond acceptors (Lipinski definition) is 8. The lowest BCUT2D eigenvalue weighted by Gasteiger charge is -2.22. The van der Waals surface area contributed by atoms with E-state index in [2.05, 4.69) is 0 Å². The summed E-state index contributed by atoms with van der Waals surface area (Å²) < 4.78 is 0. The number of nitrogens with zero attached hydrogens (tertiary/aromatic N) is 1. The van der Waals surface area contributed by atoms with E-state index in [4.69, 9.17) is 26.8 Å². The molecule has 11 heteroatoms. The fourth-order valence-corrected chi connectivity index (χ4v) is 2.20. The normalized spacial score (nSPS) is 13.2. The molecule has 10 nitrogen and oxygen atoms in total. The standard InChI is InChI=1S/C12H21N3O7S/c13-7(12(21)22)1-2-9(17)15(5-10(18)19)11(20)8(14)6-23-4-3-16/h7-8,16H,1-6,13-14H2,(H,18,19)(H,21,22)/t7-,8-/m0/s1. The van der Waals surface area contributed by atoms with Gasteiger partial charge in [-0.1, -0.05) is 0 Å². The molecule has 0 aliphatic heterocycles. The first kappa shape index (κ1) is 21.3. The number of hydrogen-bond donors (Lipinski definition) is 5. The molecule has 0 unspecified atom stereocenters. The van der Waals surface area contributed by atoms with E-state index in [1.165, 1.54) is 11.8 Å². The molecule has 0 saturated heterocycles. The Labute approximate surface area is 136 Å². The van der Waals surface area contributed by atoms with Crippen LogP contribution in [0.15, 0.2) is 0 Å². The number of amides is 2. The summed E-state index contributed by atoms with van der Waals surface area (Å²) in [6, 6.07) is -2.39. The number of carbonyl (C=O) groups excluding carboxylic acids is 2. The molecule has 2 amide bonds. The van der Waals surface area contributed by atoms with E-state index in [0.717, 1.165) is 0 Å². The Balaban J connectivity index is 4.77. The van der Waals surface area contributed by atoms with Gasteiger partial charge in [0.05, 0.1) is 12.6 Å². The van der Waals surface area contributed by atoms with Crippen molar-refractivity contribution in [3.63, 3.8) is 0 Å². The highest BCUT2D eigenvalue weighted by Crippen LogP contribution is 2.07. The van der Waals surface area contributed by atoms with Gasteiger partial charge in [0.2, 0.25) is 11.8 Å². The van der Waals surface area contributed by atoms with E-state index in [9.17, 15) is 19.2 Å². The molecule has 0 spiro atoms. The average Bonchev–Trinajstić information content (AvgIpc) is 2.48. The zero-order valence-electron chi connectivity index (χ0n) is 12.4. The summed E-state index contributed by atoms with van der Waals surface area (Å²) in [5.74, 6) is -3.96. The maximum atomic E-state index is 12.1. The number of imide groups is 1. The number of aliphatic carboxylic acids is 2. The summed E-state index contributed by atoms with van der Waals surface area (Å²) in [4.78, 5) is 45.9. The van der Waals surface area contributed by atoms with Crippen LogP contribution in [0.5, 0.6) is 0 Å². The van der Waals surface area contributed by atoms with Crippen LogP contribution >= 0.6 is 11.8 Å². The van der Waals surface area contributed by atoms with Crippen LogP contribution in [-0.2, 0) is 19.2 Å². The Hall–Kier alpha value is -1.69. The zero-order valence-corrected chi connectivity index (χ0v) is 13.2. The summed E-state index contributed by atoms with van der Waals surface area (Å²) in [6.45, 7) is -0.964. The number of carbonyl (C=O) groups is 4. The monoisotopic (exact) mass is 351 g/mol. The van der Waals surface area contributed by atoms with Crippen LogP contribution in [0.4, 0.5) is 0 Å². The SMILES string of the molecule is N[C@@H](CCC(=O)N(CC(=O)O)C(=O)[C@@H](N)CSCCO)C(=O)O. The Bertz CT molecular complexity index is 446. The number of rotatable bonds is 11. The lowest BCUT2D eigenvalue weighted by Crippen LogP contribution is -2.50. The smallest absolute Gasteiger partial charge is 0.323 e. The molecule has 0 aliphatic rings. The number of carboxylic acid groups (broad SMARTS) is 2. The molecule has 0 heterocycles. The topological polar surface area (TPSA) is 184 Å². The summed E-state index contributed by atoms with van der Waals surface area (Å²) in [5.41, 5.74) is 10.9. The highest BCUT2D eigenvalue weighted by Gasteiger charge is 2.28. The van der Waals surface area contributed by atoms with E-state index in [1.54, 1.807) is 0 Å². The van der Waals surface area contributed by atoms with Crippen LogP contribution in [0.1, 0.15) is 12.8 Å².